The van der Waals surface area contributed by atoms with E-state index in [2.05, 4.69) is 5.32 Å². The molecule has 0 saturated carbocycles. The Morgan fingerprint density at radius 1 is 1.25 bits per heavy atom. The topological polar surface area (TPSA) is 98.5 Å². The highest BCUT2D eigenvalue weighted by atomic mass is 16.6. The first-order valence-corrected chi connectivity index (χ1v) is 7.24. The first kappa shape index (κ1) is 15.5. The minimum atomic E-state index is -0.638. The molecule has 0 aliphatic rings. The van der Waals surface area contributed by atoms with Crippen LogP contribution in [0.1, 0.15) is 24.5 Å². The lowest BCUT2D eigenvalue weighted by molar-refractivity contribution is -0.402. The minimum Gasteiger partial charge on any atom is -0.459 e. The SMILES string of the molecule is C[C@H](NC(=O)/C=C/c1ccc([N+](=O)[O-])o1)c1cc2ccccc2o1. The van der Waals surface area contributed by atoms with E-state index >= 15 is 0 Å². The lowest BCUT2D eigenvalue weighted by Gasteiger charge is -2.08. The molecule has 0 saturated heterocycles. The van der Waals surface area contributed by atoms with E-state index in [0.717, 1.165) is 11.0 Å². The summed E-state index contributed by atoms with van der Waals surface area (Å²) in [6.07, 6.45) is 2.62. The fourth-order valence-corrected chi connectivity index (χ4v) is 2.24. The van der Waals surface area contributed by atoms with Gasteiger partial charge in [0.25, 0.3) is 0 Å². The molecule has 0 radical (unpaired) electrons. The maximum atomic E-state index is 11.9. The molecule has 2 heterocycles. The summed E-state index contributed by atoms with van der Waals surface area (Å²) in [4.78, 5) is 21.8. The van der Waals surface area contributed by atoms with Gasteiger partial charge in [-0.15, -0.1) is 0 Å². The number of carbonyl (C=O) groups excluding carboxylic acids is 1. The Bertz CT molecular complexity index is 889. The van der Waals surface area contributed by atoms with Gasteiger partial charge in [-0.1, -0.05) is 18.2 Å². The van der Waals surface area contributed by atoms with Crippen molar-refractivity contribution in [2.75, 3.05) is 0 Å². The van der Waals surface area contributed by atoms with Crippen molar-refractivity contribution in [1.29, 1.82) is 0 Å². The van der Waals surface area contributed by atoms with E-state index < -0.39 is 4.92 Å². The summed E-state index contributed by atoms with van der Waals surface area (Å²) in [6.45, 7) is 1.81. The van der Waals surface area contributed by atoms with Crippen molar-refractivity contribution < 1.29 is 18.6 Å². The predicted octanol–water partition coefficient (Wildman–Crippen LogP) is 3.82. The molecule has 0 spiro atoms. The summed E-state index contributed by atoms with van der Waals surface area (Å²) in [5.74, 6) is 0.146. The highest BCUT2D eigenvalue weighted by Crippen LogP contribution is 2.23. The van der Waals surface area contributed by atoms with Crippen molar-refractivity contribution in [3.8, 4) is 0 Å². The number of para-hydroxylation sites is 1. The number of carbonyl (C=O) groups is 1. The van der Waals surface area contributed by atoms with Crippen LogP contribution >= 0.6 is 0 Å². The summed E-state index contributed by atoms with van der Waals surface area (Å²) in [7, 11) is 0. The molecule has 24 heavy (non-hydrogen) atoms. The van der Waals surface area contributed by atoms with E-state index in [-0.39, 0.29) is 23.6 Å². The van der Waals surface area contributed by atoms with Gasteiger partial charge >= 0.3 is 5.88 Å². The van der Waals surface area contributed by atoms with Crippen molar-refractivity contribution in [2.45, 2.75) is 13.0 Å². The Morgan fingerprint density at radius 3 is 2.75 bits per heavy atom. The third-order valence-electron chi connectivity index (χ3n) is 3.42. The van der Waals surface area contributed by atoms with Gasteiger partial charge in [0.1, 0.15) is 22.0 Å². The summed E-state index contributed by atoms with van der Waals surface area (Å²) < 4.78 is 10.6. The van der Waals surface area contributed by atoms with Crippen LogP contribution in [-0.4, -0.2) is 10.8 Å². The van der Waals surface area contributed by atoms with Crippen LogP contribution in [0, 0.1) is 10.1 Å². The number of furan rings is 2. The van der Waals surface area contributed by atoms with Gasteiger partial charge in [0, 0.05) is 11.5 Å². The van der Waals surface area contributed by atoms with Crippen LogP contribution in [0.25, 0.3) is 17.0 Å². The number of hydrogen-bond donors (Lipinski definition) is 1. The van der Waals surface area contributed by atoms with E-state index in [1.807, 2.05) is 30.3 Å². The molecule has 3 aromatic rings. The molecule has 2 aromatic heterocycles. The van der Waals surface area contributed by atoms with Gasteiger partial charge in [-0.2, -0.15) is 0 Å². The van der Waals surface area contributed by atoms with Gasteiger partial charge in [-0.05, 0) is 31.2 Å². The lowest BCUT2D eigenvalue weighted by atomic mass is 10.2. The Kier molecular flexibility index (Phi) is 4.15. The molecule has 1 amide bonds. The van der Waals surface area contributed by atoms with Crippen LogP contribution in [0.4, 0.5) is 5.88 Å². The zero-order valence-electron chi connectivity index (χ0n) is 12.8. The number of hydrogen-bond acceptors (Lipinski definition) is 5. The molecule has 1 N–H and O–H groups in total. The van der Waals surface area contributed by atoms with Gasteiger partial charge in [0.15, 0.2) is 0 Å². The molecule has 1 aromatic carbocycles. The standard InChI is InChI=1S/C17H14N2O5/c1-11(15-10-12-4-2-3-5-14(12)24-15)18-16(20)8-6-13-7-9-17(23-13)19(21)22/h2-11H,1H3,(H,18,20)/b8-6+/t11-/m0/s1. The normalized spacial score (nSPS) is 12.5. The van der Waals surface area contributed by atoms with Crippen LogP contribution < -0.4 is 5.32 Å². The largest absolute Gasteiger partial charge is 0.459 e. The predicted molar refractivity (Wildman–Crippen MR) is 87.2 cm³/mol. The van der Waals surface area contributed by atoms with Crippen LogP contribution in [-0.2, 0) is 4.79 Å². The second kappa shape index (κ2) is 6.41. The molecule has 0 unspecified atom stereocenters. The molecule has 7 heteroatoms. The zero-order chi connectivity index (χ0) is 17.1. The van der Waals surface area contributed by atoms with Crippen molar-refractivity contribution in [3.05, 3.63) is 70.2 Å². The van der Waals surface area contributed by atoms with E-state index in [1.165, 1.54) is 24.3 Å². The van der Waals surface area contributed by atoms with Gasteiger partial charge < -0.3 is 14.2 Å². The Morgan fingerprint density at radius 2 is 2.04 bits per heavy atom. The number of amides is 1. The zero-order valence-corrected chi connectivity index (χ0v) is 12.8. The number of nitro groups is 1. The molecule has 0 aliphatic carbocycles. The van der Waals surface area contributed by atoms with Gasteiger partial charge in [-0.25, -0.2) is 0 Å². The van der Waals surface area contributed by atoms with Crippen LogP contribution in [0.5, 0.6) is 0 Å². The monoisotopic (exact) mass is 326 g/mol. The van der Waals surface area contributed by atoms with Gasteiger partial charge in [0.05, 0.1) is 12.1 Å². The molecule has 7 nitrogen and oxygen atoms in total. The second-order valence-electron chi connectivity index (χ2n) is 5.18. The third-order valence-corrected chi connectivity index (χ3v) is 3.42. The molecule has 3 rings (SSSR count). The van der Waals surface area contributed by atoms with E-state index in [0.29, 0.717) is 5.76 Å². The number of benzene rings is 1. The minimum absolute atomic E-state index is 0.230. The summed E-state index contributed by atoms with van der Waals surface area (Å²) in [6, 6.07) is 11.8. The summed E-state index contributed by atoms with van der Waals surface area (Å²) in [5, 5.41) is 14.3. The smallest absolute Gasteiger partial charge is 0.433 e. The molecule has 0 fully saturated rings. The Balaban J connectivity index is 1.64. The van der Waals surface area contributed by atoms with E-state index in [9.17, 15) is 14.9 Å². The highest BCUT2D eigenvalue weighted by molar-refractivity contribution is 5.91. The third kappa shape index (κ3) is 3.35. The van der Waals surface area contributed by atoms with E-state index in [4.69, 9.17) is 8.83 Å². The first-order chi connectivity index (χ1) is 11.5. The van der Waals surface area contributed by atoms with Crippen molar-refractivity contribution >= 4 is 28.8 Å². The fourth-order valence-electron chi connectivity index (χ4n) is 2.24. The highest BCUT2D eigenvalue weighted by Gasteiger charge is 2.13. The van der Waals surface area contributed by atoms with Gasteiger partial charge in [-0.3, -0.25) is 14.9 Å². The second-order valence-corrected chi connectivity index (χ2v) is 5.18. The Labute approximate surface area is 136 Å². The fraction of sp³-hybridized carbons (Fsp3) is 0.118. The number of rotatable bonds is 5. The molecule has 0 aliphatic heterocycles. The molecule has 122 valence electrons. The first-order valence-electron chi connectivity index (χ1n) is 7.24. The molecule has 1 atom stereocenters. The quantitative estimate of drug-likeness (QED) is 0.436. The average Bonchev–Trinajstić information content (AvgIpc) is 3.19. The summed E-state index contributed by atoms with van der Waals surface area (Å²) >= 11 is 0. The lowest BCUT2D eigenvalue weighted by Crippen LogP contribution is -2.24. The van der Waals surface area contributed by atoms with Crippen LogP contribution in [0.2, 0.25) is 0 Å². The maximum absolute atomic E-state index is 11.9. The summed E-state index contributed by atoms with van der Waals surface area (Å²) in [5.41, 5.74) is 0.757. The number of nitrogens with zero attached hydrogens (tertiary/aromatic N) is 1. The Hall–Kier alpha value is -3.35. The molecule has 0 bridgehead atoms. The van der Waals surface area contributed by atoms with Crippen LogP contribution in [0.15, 0.2) is 57.4 Å². The number of nitrogens with one attached hydrogen (secondary N) is 1. The van der Waals surface area contributed by atoms with Crippen molar-refractivity contribution in [2.24, 2.45) is 0 Å². The van der Waals surface area contributed by atoms with Crippen LogP contribution in [0.3, 0.4) is 0 Å². The average molecular weight is 326 g/mol. The molecular weight excluding hydrogens is 312 g/mol. The van der Waals surface area contributed by atoms with Crippen molar-refractivity contribution in [1.82, 2.24) is 5.32 Å². The number of fused-ring (bicyclic) bond motifs is 1. The van der Waals surface area contributed by atoms with Crippen molar-refractivity contribution in [3.63, 3.8) is 0 Å². The van der Waals surface area contributed by atoms with Gasteiger partial charge in [0.2, 0.25) is 5.91 Å². The maximum Gasteiger partial charge on any atom is 0.433 e. The molecular formula is C17H14N2O5. The van der Waals surface area contributed by atoms with E-state index in [1.54, 1.807) is 6.92 Å².